The summed E-state index contributed by atoms with van der Waals surface area (Å²) >= 11 is 5.76. The number of halogens is 7. The summed E-state index contributed by atoms with van der Waals surface area (Å²) in [6.07, 6.45) is 0.0660. The molecule has 0 spiro atoms. The topological polar surface area (TPSA) is 104 Å². The van der Waals surface area contributed by atoms with Crippen LogP contribution >= 0.6 is 67.8 Å². The molecule has 0 aromatic heterocycles. The number of ether oxygens (including phenoxy) is 1. The summed E-state index contributed by atoms with van der Waals surface area (Å²) in [5, 5.41) is 10.1. The fraction of sp³-hybridized carbons (Fsp3) is 0.235. The highest BCUT2D eigenvalue weighted by Gasteiger charge is 2.33. The first-order valence-corrected chi connectivity index (χ1v) is 12.8. The summed E-state index contributed by atoms with van der Waals surface area (Å²) < 4.78 is 94.9. The molecule has 2 rings (SSSR count). The number of hydrogen-bond donors (Lipinski definition) is 1. The van der Waals surface area contributed by atoms with Crippen LogP contribution in [0.2, 0.25) is 0 Å². The molecule has 0 saturated carbocycles. The minimum atomic E-state index is -5.88. The second kappa shape index (κ2) is 10.2. The molecule has 0 radical (unpaired) electrons. The lowest BCUT2D eigenvalue weighted by Gasteiger charge is -2.18. The van der Waals surface area contributed by atoms with Crippen molar-refractivity contribution < 1.29 is 45.2 Å². The normalized spacial score (nSPS) is 12.7. The van der Waals surface area contributed by atoms with Crippen molar-refractivity contribution >= 4 is 83.9 Å². The van der Waals surface area contributed by atoms with Crippen molar-refractivity contribution in [2.24, 2.45) is 5.92 Å². The van der Waals surface area contributed by atoms with Gasteiger partial charge in [0.15, 0.2) is 11.6 Å². The SMILES string of the molecule is CCC(Cc1c(I)cc(I)c(O)c1I)C(=O)Oc1c(F)c(F)c(S(=O)(=O)[O-])c(F)c1F. The second-order valence-corrected chi connectivity index (χ2v) is 10.8. The lowest BCUT2D eigenvalue weighted by molar-refractivity contribution is -0.139. The number of phenolic OH excluding ortho intramolecular Hbond substituents is 1. The zero-order valence-corrected chi connectivity index (χ0v) is 22.4. The first-order chi connectivity index (χ1) is 14.2. The van der Waals surface area contributed by atoms with Gasteiger partial charge in [-0.05, 0) is 92.2 Å². The van der Waals surface area contributed by atoms with E-state index in [-0.39, 0.29) is 18.6 Å². The lowest BCUT2D eigenvalue weighted by atomic mass is 9.97. The molecule has 170 valence electrons. The molecule has 2 aromatic rings. The maximum Gasteiger partial charge on any atom is 0.314 e. The van der Waals surface area contributed by atoms with Crippen molar-refractivity contribution in [2.75, 3.05) is 0 Å². The number of phenols is 1. The largest absolute Gasteiger partial charge is 0.744 e. The Morgan fingerprint density at radius 1 is 1.10 bits per heavy atom. The first kappa shape index (κ1) is 26.8. The van der Waals surface area contributed by atoms with Crippen LogP contribution in [0.15, 0.2) is 11.0 Å². The highest BCUT2D eigenvalue weighted by atomic mass is 127. The monoisotopic (exact) mass is 799 g/mol. The van der Waals surface area contributed by atoms with Crippen molar-refractivity contribution in [3.8, 4) is 11.5 Å². The van der Waals surface area contributed by atoms with Crippen LogP contribution in [0.4, 0.5) is 17.6 Å². The van der Waals surface area contributed by atoms with E-state index in [1.165, 1.54) is 0 Å². The van der Waals surface area contributed by atoms with Gasteiger partial charge in [-0.3, -0.25) is 4.79 Å². The third-order valence-electron chi connectivity index (χ3n) is 4.15. The number of carbonyl (C=O) groups excluding carboxylic acids is 1. The van der Waals surface area contributed by atoms with Crippen molar-refractivity contribution in [1.29, 1.82) is 0 Å². The Kier molecular flexibility index (Phi) is 8.82. The van der Waals surface area contributed by atoms with Gasteiger partial charge < -0.3 is 14.4 Å². The fourth-order valence-corrected chi connectivity index (χ4v) is 6.96. The van der Waals surface area contributed by atoms with Gasteiger partial charge in [0.1, 0.15) is 20.8 Å². The van der Waals surface area contributed by atoms with Crippen LogP contribution in [-0.4, -0.2) is 24.0 Å². The molecule has 0 aliphatic heterocycles. The fourth-order valence-electron chi connectivity index (χ4n) is 2.53. The van der Waals surface area contributed by atoms with Gasteiger partial charge in [0, 0.05) is 3.57 Å². The Balaban J connectivity index is 2.44. The van der Waals surface area contributed by atoms with Crippen LogP contribution in [0.1, 0.15) is 18.9 Å². The summed E-state index contributed by atoms with van der Waals surface area (Å²) in [5.41, 5.74) is 0.550. The van der Waals surface area contributed by atoms with Gasteiger partial charge in [0.25, 0.3) is 0 Å². The molecule has 0 aliphatic carbocycles. The summed E-state index contributed by atoms with van der Waals surface area (Å²) in [4.78, 5) is 10.1. The standard InChI is InChI=1S/C17H11F4I3O6S/c1-2-5(3-6-7(22)4-8(23)14(25)13(6)24)17(26)30-15-9(18)11(20)16(31(27,28)29)12(21)10(15)19/h4-5,25H,2-3H2,1H3,(H,27,28,29)/p-1. The average Bonchev–Trinajstić information content (AvgIpc) is 2.67. The minimum absolute atomic E-state index is 0.0181. The zero-order valence-electron chi connectivity index (χ0n) is 15.1. The second-order valence-electron chi connectivity index (χ2n) is 6.08. The van der Waals surface area contributed by atoms with Crippen LogP contribution < -0.4 is 4.74 Å². The molecule has 2 aromatic carbocycles. The van der Waals surface area contributed by atoms with E-state index >= 15 is 0 Å². The Morgan fingerprint density at radius 2 is 1.61 bits per heavy atom. The maximum absolute atomic E-state index is 14.1. The predicted molar refractivity (Wildman–Crippen MR) is 124 cm³/mol. The molecule has 14 heteroatoms. The summed E-state index contributed by atoms with van der Waals surface area (Å²) in [6, 6.07) is 1.65. The van der Waals surface area contributed by atoms with Gasteiger partial charge >= 0.3 is 5.97 Å². The van der Waals surface area contributed by atoms with Crippen LogP contribution in [0.5, 0.6) is 11.5 Å². The summed E-state index contributed by atoms with van der Waals surface area (Å²) in [5.74, 6) is -13.7. The molecular formula is C17H10F4I3O6S-. The van der Waals surface area contributed by atoms with E-state index < -0.39 is 55.9 Å². The number of benzene rings is 2. The van der Waals surface area contributed by atoms with Crippen molar-refractivity contribution in [2.45, 2.75) is 24.7 Å². The minimum Gasteiger partial charge on any atom is -0.744 e. The molecule has 0 saturated heterocycles. The van der Waals surface area contributed by atoms with E-state index in [0.717, 1.165) is 0 Å². The average molecular weight is 799 g/mol. The summed E-state index contributed by atoms with van der Waals surface area (Å²) in [7, 11) is -5.88. The molecule has 31 heavy (non-hydrogen) atoms. The van der Waals surface area contributed by atoms with Gasteiger partial charge in [-0.15, -0.1) is 0 Å². The van der Waals surface area contributed by atoms with Crippen LogP contribution in [0, 0.1) is 39.9 Å². The van der Waals surface area contributed by atoms with Gasteiger partial charge in [-0.1, -0.05) is 6.92 Å². The summed E-state index contributed by atoms with van der Waals surface area (Å²) in [6.45, 7) is 1.55. The van der Waals surface area contributed by atoms with E-state index in [9.17, 15) is 40.4 Å². The van der Waals surface area contributed by atoms with Gasteiger partial charge in [-0.25, -0.2) is 17.2 Å². The number of hydrogen-bond acceptors (Lipinski definition) is 6. The van der Waals surface area contributed by atoms with Crippen molar-refractivity contribution in [3.63, 3.8) is 0 Å². The zero-order chi connectivity index (χ0) is 23.8. The number of rotatable bonds is 6. The molecule has 1 atom stereocenters. The van der Waals surface area contributed by atoms with E-state index in [1.54, 1.807) is 13.0 Å². The van der Waals surface area contributed by atoms with E-state index in [1.807, 2.05) is 67.8 Å². The first-order valence-electron chi connectivity index (χ1n) is 8.11. The maximum atomic E-state index is 14.1. The highest BCUT2D eigenvalue weighted by molar-refractivity contribution is 14.1. The molecule has 0 aliphatic rings. The third-order valence-corrected chi connectivity index (χ3v) is 7.96. The molecule has 1 unspecified atom stereocenters. The predicted octanol–water partition coefficient (Wildman–Crippen LogP) is 4.84. The van der Waals surface area contributed by atoms with Crippen LogP contribution in [-0.2, 0) is 21.3 Å². The Bertz CT molecular complexity index is 1140. The van der Waals surface area contributed by atoms with Gasteiger partial charge in [-0.2, -0.15) is 8.78 Å². The molecule has 6 nitrogen and oxygen atoms in total. The quantitative estimate of drug-likeness (QED) is 0.112. The van der Waals surface area contributed by atoms with E-state index in [4.69, 9.17) is 0 Å². The Hall–Kier alpha value is -0.470. The van der Waals surface area contributed by atoms with Gasteiger partial charge in [0.05, 0.1) is 13.1 Å². The van der Waals surface area contributed by atoms with Crippen molar-refractivity contribution in [1.82, 2.24) is 0 Å². The number of aromatic hydroxyl groups is 1. The number of esters is 1. The number of carbonyl (C=O) groups is 1. The van der Waals surface area contributed by atoms with Gasteiger partial charge in [0.2, 0.25) is 17.4 Å². The van der Waals surface area contributed by atoms with Crippen molar-refractivity contribution in [3.05, 3.63) is 45.6 Å². The Morgan fingerprint density at radius 3 is 2.06 bits per heavy atom. The molecule has 0 heterocycles. The smallest absolute Gasteiger partial charge is 0.314 e. The molecule has 0 amide bonds. The van der Waals surface area contributed by atoms with E-state index in [2.05, 4.69) is 4.74 Å². The highest BCUT2D eigenvalue weighted by Crippen LogP contribution is 2.36. The molecular weight excluding hydrogens is 789 g/mol. The molecule has 0 fully saturated rings. The van der Waals surface area contributed by atoms with Crippen LogP contribution in [0.25, 0.3) is 0 Å². The lowest BCUT2D eigenvalue weighted by Crippen LogP contribution is -2.24. The third kappa shape index (κ3) is 5.55. The molecule has 1 N–H and O–H groups in total. The van der Waals surface area contributed by atoms with E-state index in [0.29, 0.717) is 16.3 Å². The molecule has 0 bridgehead atoms. The van der Waals surface area contributed by atoms with Crippen LogP contribution in [0.3, 0.4) is 0 Å². The Labute approximate surface area is 214 Å².